The van der Waals surface area contributed by atoms with Gasteiger partial charge in [-0.25, -0.2) is 0 Å². The molecule has 1 atom stereocenters. The Morgan fingerprint density at radius 1 is 1.32 bits per heavy atom. The second-order valence-corrected chi connectivity index (χ2v) is 6.92. The standard InChI is InChI=1S/C19H23NO2/c1-22-17-7-4-6-15(11-17)19-10-3-2-5-16(19)12-20(13-19)18(21)14-8-9-14/h4,6-7,11-12,14H,2-3,5,8-10,13H2,1H3. The highest BCUT2D eigenvalue weighted by Crippen LogP contribution is 2.49. The molecule has 1 unspecified atom stereocenters. The molecule has 0 saturated heterocycles. The zero-order valence-corrected chi connectivity index (χ0v) is 13.2. The summed E-state index contributed by atoms with van der Waals surface area (Å²) in [6, 6.07) is 8.42. The van der Waals surface area contributed by atoms with E-state index in [0.717, 1.165) is 38.0 Å². The summed E-state index contributed by atoms with van der Waals surface area (Å²) in [5.74, 6) is 1.53. The average Bonchev–Trinajstić information content (AvgIpc) is 3.33. The van der Waals surface area contributed by atoms with Crippen molar-refractivity contribution in [3.05, 3.63) is 41.6 Å². The Labute approximate surface area is 132 Å². The largest absolute Gasteiger partial charge is 0.497 e. The zero-order chi connectivity index (χ0) is 15.2. The van der Waals surface area contributed by atoms with Crippen molar-refractivity contribution in [2.45, 2.75) is 43.9 Å². The third-order valence-electron chi connectivity index (χ3n) is 5.50. The van der Waals surface area contributed by atoms with Gasteiger partial charge in [-0.2, -0.15) is 0 Å². The van der Waals surface area contributed by atoms with Crippen LogP contribution in [0, 0.1) is 5.92 Å². The fourth-order valence-electron chi connectivity index (χ4n) is 4.08. The van der Waals surface area contributed by atoms with Gasteiger partial charge in [0.25, 0.3) is 0 Å². The van der Waals surface area contributed by atoms with Crippen molar-refractivity contribution < 1.29 is 9.53 Å². The molecule has 2 fully saturated rings. The average molecular weight is 297 g/mol. The summed E-state index contributed by atoms with van der Waals surface area (Å²) in [5.41, 5.74) is 2.78. The van der Waals surface area contributed by atoms with Gasteiger partial charge in [-0.3, -0.25) is 4.79 Å². The van der Waals surface area contributed by atoms with E-state index in [4.69, 9.17) is 4.74 Å². The molecule has 0 spiro atoms. The predicted octanol–water partition coefficient (Wildman–Crippen LogP) is 3.64. The van der Waals surface area contributed by atoms with Crippen LogP contribution in [0.3, 0.4) is 0 Å². The number of hydrogen-bond acceptors (Lipinski definition) is 2. The maximum atomic E-state index is 12.5. The normalized spacial score (nSPS) is 27.3. The molecule has 3 heteroatoms. The molecule has 4 rings (SSSR count). The van der Waals surface area contributed by atoms with Gasteiger partial charge in [-0.15, -0.1) is 0 Å². The smallest absolute Gasteiger partial charge is 0.229 e. The molecular formula is C19H23NO2. The van der Waals surface area contributed by atoms with Gasteiger partial charge in [-0.1, -0.05) is 18.6 Å². The van der Waals surface area contributed by atoms with Crippen LogP contribution in [-0.2, 0) is 10.2 Å². The second-order valence-electron chi connectivity index (χ2n) is 6.92. The van der Waals surface area contributed by atoms with E-state index in [-0.39, 0.29) is 5.41 Å². The highest BCUT2D eigenvalue weighted by molar-refractivity contribution is 5.83. The van der Waals surface area contributed by atoms with E-state index in [1.165, 1.54) is 24.0 Å². The highest BCUT2D eigenvalue weighted by Gasteiger charge is 2.46. The molecule has 1 aromatic carbocycles. The summed E-state index contributed by atoms with van der Waals surface area (Å²) in [7, 11) is 1.71. The lowest BCUT2D eigenvalue weighted by Crippen LogP contribution is -2.38. The van der Waals surface area contributed by atoms with Crippen LogP contribution < -0.4 is 4.74 Å². The lowest BCUT2D eigenvalue weighted by molar-refractivity contribution is -0.130. The van der Waals surface area contributed by atoms with Crippen molar-refractivity contribution >= 4 is 5.91 Å². The van der Waals surface area contributed by atoms with Crippen LogP contribution in [-0.4, -0.2) is 24.5 Å². The fraction of sp³-hybridized carbons (Fsp3) is 0.526. The van der Waals surface area contributed by atoms with E-state index in [1.54, 1.807) is 7.11 Å². The number of methoxy groups -OCH3 is 1. The van der Waals surface area contributed by atoms with Gasteiger partial charge in [0.15, 0.2) is 0 Å². The summed E-state index contributed by atoms with van der Waals surface area (Å²) in [4.78, 5) is 14.5. The predicted molar refractivity (Wildman–Crippen MR) is 85.7 cm³/mol. The van der Waals surface area contributed by atoms with E-state index in [9.17, 15) is 4.79 Å². The number of carbonyl (C=O) groups excluding carboxylic acids is 1. The molecule has 116 valence electrons. The summed E-state index contributed by atoms with van der Waals surface area (Å²) >= 11 is 0. The number of hydrogen-bond donors (Lipinski definition) is 0. The minimum Gasteiger partial charge on any atom is -0.497 e. The molecule has 22 heavy (non-hydrogen) atoms. The number of ether oxygens (including phenoxy) is 1. The molecule has 1 aliphatic heterocycles. The number of benzene rings is 1. The lowest BCUT2D eigenvalue weighted by Gasteiger charge is -2.37. The SMILES string of the molecule is COc1cccc(C23CCCCC2=CN(C(=O)C2CC2)C3)c1. The number of carbonyl (C=O) groups is 1. The van der Waals surface area contributed by atoms with Crippen molar-refractivity contribution in [3.8, 4) is 5.75 Å². The van der Waals surface area contributed by atoms with Crippen LogP contribution in [0.1, 0.15) is 44.1 Å². The van der Waals surface area contributed by atoms with E-state index in [1.807, 2.05) is 11.0 Å². The van der Waals surface area contributed by atoms with Crippen molar-refractivity contribution in [2.75, 3.05) is 13.7 Å². The maximum absolute atomic E-state index is 12.5. The van der Waals surface area contributed by atoms with Crippen LogP contribution in [0.4, 0.5) is 0 Å². The Morgan fingerprint density at radius 3 is 2.95 bits per heavy atom. The summed E-state index contributed by atoms with van der Waals surface area (Å²) in [5, 5.41) is 0. The second kappa shape index (κ2) is 5.15. The van der Waals surface area contributed by atoms with E-state index >= 15 is 0 Å². The molecule has 2 saturated carbocycles. The summed E-state index contributed by atoms with van der Waals surface area (Å²) < 4.78 is 5.41. The zero-order valence-electron chi connectivity index (χ0n) is 13.2. The molecule has 1 amide bonds. The minimum absolute atomic E-state index is 0.0251. The highest BCUT2D eigenvalue weighted by atomic mass is 16.5. The molecule has 0 N–H and O–H groups in total. The molecule has 0 aromatic heterocycles. The molecule has 1 aromatic rings. The summed E-state index contributed by atoms with van der Waals surface area (Å²) in [6.07, 6.45) is 9.05. The Morgan fingerprint density at radius 2 is 2.18 bits per heavy atom. The maximum Gasteiger partial charge on any atom is 0.229 e. The number of nitrogens with zero attached hydrogens (tertiary/aromatic N) is 1. The molecule has 0 radical (unpaired) electrons. The molecule has 3 aliphatic rings. The quantitative estimate of drug-likeness (QED) is 0.852. The van der Waals surface area contributed by atoms with Crippen LogP contribution >= 0.6 is 0 Å². The number of rotatable bonds is 3. The topological polar surface area (TPSA) is 29.5 Å². The first kappa shape index (κ1) is 13.9. The lowest BCUT2D eigenvalue weighted by atomic mass is 9.67. The number of fused-ring (bicyclic) bond motifs is 1. The Hall–Kier alpha value is -1.77. The van der Waals surface area contributed by atoms with Crippen LogP contribution in [0.25, 0.3) is 0 Å². The fourth-order valence-corrected chi connectivity index (χ4v) is 4.08. The van der Waals surface area contributed by atoms with Gasteiger partial charge in [0.1, 0.15) is 5.75 Å². The monoisotopic (exact) mass is 297 g/mol. The van der Waals surface area contributed by atoms with Gasteiger partial charge < -0.3 is 9.64 Å². The first-order chi connectivity index (χ1) is 10.7. The summed E-state index contributed by atoms with van der Waals surface area (Å²) in [6.45, 7) is 0.824. The Kier molecular flexibility index (Phi) is 3.24. The van der Waals surface area contributed by atoms with Gasteiger partial charge in [0.05, 0.1) is 7.11 Å². The van der Waals surface area contributed by atoms with Gasteiger partial charge >= 0.3 is 0 Å². The van der Waals surface area contributed by atoms with Crippen molar-refractivity contribution in [1.82, 2.24) is 4.90 Å². The van der Waals surface area contributed by atoms with Crippen LogP contribution in [0.5, 0.6) is 5.75 Å². The number of amides is 1. The molecule has 2 aliphatic carbocycles. The van der Waals surface area contributed by atoms with Crippen molar-refractivity contribution in [1.29, 1.82) is 0 Å². The third kappa shape index (κ3) is 2.15. The first-order valence-corrected chi connectivity index (χ1v) is 8.39. The van der Waals surface area contributed by atoms with Gasteiger partial charge in [0, 0.05) is 24.1 Å². The Balaban J connectivity index is 1.70. The Bertz CT molecular complexity index is 632. The molecule has 1 heterocycles. The van der Waals surface area contributed by atoms with Gasteiger partial charge in [0.2, 0.25) is 5.91 Å². The van der Waals surface area contributed by atoms with Crippen LogP contribution in [0.2, 0.25) is 0 Å². The third-order valence-corrected chi connectivity index (χ3v) is 5.50. The van der Waals surface area contributed by atoms with E-state index in [0.29, 0.717) is 11.8 Å². The van der Waals surface area contributed by atoms with Crippen LogP contribution in [0.15, 0.2) is 36.0 Å². The van der Waals surface area contributed by atoms with E-state index in [2.05, 4.69) is 24.4 Å². The minimum atomic E-state index is 0.0251. The molecule has 3 nitrogen and oxygen atoms in total. The molecular weight excluding hydrogens is 274 g/mol. The van der Waals surface area contributed by atoms with Crippen molar-refractivity contribution in [2.24, 2.45) is 5.92 Å². The first-order valence-electron chi connectivity index (χ1n) is 8.39. The van der Waals surface area contributed by atoms with Gasteiger partial charge in [-0.05, 0) is 55.4 Å². The van der Waals surface area contributed by atoms with E-state index < -0.39 is 0 Å². The van der Waals surface area contributed by atoms with Crippen molar-refractivity contribution in [3.63, 3.8) is 0 Å². The molecule has 0 bridgehead atoms.